The van der Waals surface area contributed by atoms with Crippen LogP contribution < -0.4 is 0 Å². The summed E-state index contributed by atoms with van der Waals surface area (Å²) in [6.45, 7) is 1.89. The zero-order valence-electron chi connectivity index (χ0n) is 10.2. The molecule has 1 rings (SSSR count). The summed E-state index contributed by atoms with van der Waals surface area (Å²) in [5, 5.41) is 9.07. The molecule has 0 aliphatic heterocycles. The fraction of sp³-hybridized carbons (Fsp3) is 0.833. The number of hydrogen-bond acceptors (Lipinski definition) is 3. The second kappa shape index (κ2) is 6.67. The zero-order chi connectivity index (χ0) is 12.8. The van der Waals surface area contributed by atoms with Crippen molar-refractivity contribution in [2.45, 2.75) is 51.5 Å². The maximum atomic E-state index is 11.9. The molecule has 1 aliphatic carbocycles. The molecule has 0 heterocycles. The number of rotatable bonds is 5. The smallest absolute Gasteiger partial charge is 0.310 e. The van der Waals surface area contributed by atoms with Crippen molar-refractivity contribution in [3.8, 4) is 0 Å². The Labute approximate surface area is 103 Å². The minimum Gasteiger partial charge on any atom is -0.481 e. The highest BCUT2D eigenvalue weighted by Gasteiger charge is 2.37. The van der Waals surface area contributed by atoms with Crippen molar-refractivity contribution in [1.82, 2.24) is 0 Å². The Bertz CT molecular complexity index is 276. The lowest BCUT2D eigenvalue weighted by Crippen LogP contribution is -2.35. The van der Waals surface area contributed by atoms with Gasteiger partial charge in [-0.2, -0.15) is 0 Å². The number of ether oxygens (including phenoxy) is 1. The number of carboxylic acids is 1. The number of aliphatic carboxylic acids is 1. The normalized spacial score (nSPS) is 26.2. The van der Waals surface area contributed by atoms with Gasteiger partial charge >= 0.3 is 11.9 Å². The lowest BCUT2D eigenvalue weighted by molar-refractivity contribution is -0.163. The second-order valence-electron chi connectivity index (χ2n) is 4.54. The van der Waals surface area contributed by atoms with Crippen LogP contribution in [-0.2, 0) is 14.3 Å². The molecule has 4 nitrogen and oxygen atoms in total. The average Bonchev–Trinajstić information content (AvgIpc) is 2.35. The molecule has 2 radical (unpaired) electrons. The van der Waals surface area contributed by atoms with Gasteiger partial charge in [-0.25, -0.2) is 0 Å². The molecule has 1 saturated carbocycles. The van der Waals surface area contributed by atoms with Crippen LogP contribution in [-0.4, -0.2) is 31.0 Å². The molecular weight excluding hydrogens is 219 g/mol. The lowest BCUT2D eigenvalue weighted by Gasteiger charge is -2.28. The van der Waals surface area contributed by atoms with Crippen LogP contribution >= 0.6 is 0 Å². The minimum absolute atomic E-state index is 0.284. The van der Waals surface area contributed by atoms with E-state index in [-0.39, 0.29) is 12.4 Å². The van der Waals surface area contributed by atoms with Gasteiger partial charge in [0.1, 0.15) is 0 Å². The highest BCUT2D eigenvalue weighted by molar-refractivity contribution is 6.08. The SMILES string of the molecule is [B]CC(CC)OC(=O)C1CCCCC1C(=O)O. The first-order valence-electron chi connectivity index (χ1n) is 6.23. The van der Waals surface area contributed by atoms with E-state index in [1.807, 2.05) is 6.92 Å². The first-order chi connectivity index (χ1) is 8.10. The number of esters is 1. The molecule has 5 heteroatoms. The first kappa shape index (κ1) is 14.1. The lowest BCUT2D eigenvalue weighted by atomic mass is 9.79. The zero-order valence-corrected chi connectivity index (χ0v) is 10.2. The average molecular weight is 238 g/mol. The van der Waals surface area contributed by atoms with Crippen LogP contribution in [0.15, 0.2) is 0 Å². The molecule has 3 atom stereocenters. The van der Waals surface area contributed by atoms with Crippen LogP contribution in [0, 0.1) is 11.8 Å². The second-order valence-corrected chi connectivity index (χ2v) is 4.54. The van der Waals surface area contributed by atoms with E-state index in [1.165, 1.54) is 0 Å². The third-order valence-corrected chi connectivity index (χ3v) is 3.39. The van der Waals surface area contributed by atoms with Crippen molar-refractivity contribution in [3.05, 3.63) is 0 Å². The molecular formula is C12H19BO4. The predicted molar refractivity (Wildman–Crippen MR) is 63.8 cm³/mol. The Kier molecular flexibility index (Phi) is 5.52. The number of hydrogen-bond donors (Lipinski definition) is 1. The van der Waals surface area contributed by atoms with Gasteiger partial charge in [0.05, 0.1) is 25.8 Å². The Morgan fingerprint density at radius 3 is 2.41 bits per heavy atom. The Morgan fingerprint density at radius 2 is 1.94 bits per heavy atom. The third-order valence-electron chi connectivity index (χ3n) is 3.39. The first-order valence-corrected chi connectivity index (χ1v) is 6.23. The molecule has 0 saturated heterocycles. The molecule has 0 spiro atoms. The fourth-order valence-electron chi connectivity index (χ4n) is 2.26. The van der Waals surface area contributed by atoms with E-state index in [4.69, 9.17) is 17.7 Å². The van der Waals surface area contributed by atoms with Gasteiger partial charge in [-0.05, 0) is 19.3 Å². The highest BCUT2D eigenvalue weighted by Crippen LogP contribution is 2.31. The molecule has 17 heavy (non-hydrogen) atoms. The fourth-order valence-corrected chi connectivity index (χ4v) is 2.26. The Morgan fingerprint density at radius 1 is 1.35 bits per heavy atom. The molecule has 0 aromatic carbocycles. The topological polar surface area (TPSA) is 63.6 Å². The summed E-state index contributed by atoms with van der Waals surface area (Å²) in [7, 11) is 5.46. The van der Waals surface area contributed by atoms with E-state index in [9.17, 15) is 9.59 Å². The number of carbonyl (C=O) groups excluding carboxylic acids is 1. The van der Waals surface area contributed by atoms with Crippen LogP contribution in [0.5, 0.6) is 0 Å². The quantitative estimate of drug-likeness (QED) is 0.585. The maximum Gasteiger partial charge on any atom is 0.310 e. The summed E-state index contributed by atoms with van der Waals surface area (Å²) in [4.78, 5) is 23.0. The van der Waals surface area contributed by atoms with Gasteiger partial charge in [-0.1, -0.05) is 26.1 Å². The van der Waals surface area contributed by atoms with Crippen LogP contribution in [0.3, 0.4) is 0 Å². The monoisotopic (exact) mass is 238 g/mol. The molecule has 1 fully saturated rings. The van der Waals surface area contributed by atoms with Crippen LogP contribution in [0.4, 0.5) is 0 Å². The van der Waals surface area contributed by atoms with E-state index in [0.29, 0.717) is 19.3 Å². The summed E-state index contributed by atoms with van der Waals surface area (Å²) >= 11 is 0. The minimum atomic E-state index is -0.896. The molecule has 3 unspecified atom stereocenters. The van der Waals surface area contributed by atoms with E-state index in [0.717, 1.165) is 12.8 Å². The van der Waals surface area contributed by atoms with Crippen molar-refractivity contribution < 1.29 is 19.4 Å². The van der Waals surface area contributed by atoms with E-state index < -0.39 is 23.8 Å². The van der Waals surface area contributed by atoms with Gasteiger partial charge in [0, 0.05) is 0 Å². The summed E-state index contributed by atoms with van der Waals surface area (Å²) in [5.74, 6) is -2.38. The van der Waals surface area contributed by atoms with Crippen LogP contribution in [0.2, 0.25) is 6.32 Å². The van der Waals surface area contributed by atoms with Gasteiger partial charge in [0.25, 0.3) is 0 Å². The van der Waals surface area contributed by atoms with Gasteiger partial charge in [0.15, 0.2) is 0 Å². The van der Waals surface area contributed by atoms with Crippen molar-refractivity contribution in [1.29, 1.82) is 0 Å². The molecule has 0 aromatic rings. The van der Waals surface area contributed by atoms with Gasteiger partial charge in [-0.15, -0.1) is 0 Å². The molecule has 0 bridgehead atoms. The standard InChI is InChI=1S/C12H19BO4/c1-2-8(7-13)17-12(16)10-6-4-3-5-9(10)11(14)15/h8-10H,2-7H2,1H3,(H,14,15). The summed E-state index contributed by atoms with van der Waals surface area (Å²) in [6.07, 6.45) is 3.58. The van der Waals surface area contributed by atoms with Crippen LogP contribution in [0.25, 0.3) is 0 Å². The van der Waals surface area contributed by atoms with Gasteiger partial charge in [-0.3, -0.25) is 9.59 Å². The summed E-state index contributed by atoms with van der Waals surface area (Å²) in [5.41, 5.74) is 0. The summed E-state index contributed by atoms with van der Waals surface area (Å²) in [6, 6.07) is 0. The molecule has 0 amide bonds. The van der Waals surface area contributed by atoms with Crippen molar-refractivity contribution in [2.24, 2.45) is 11.8 Å². The van der Waals surface area contributed by atoms with E-state index in [1.54, 1.807) is 0 Å². The van der Waals surface area contributed by atoms with Gasteiger partial charge < -0.3 is 9.84 Å². The van der Waals surface area contributed by atoms with Crippen molar-refractivity contribution >= 4 is 19.8 Å². The maximum absolute atomic E-state index is 11.9. The van der Waals surface area contributed by atoms with E-state index >= 15 is 0 Å². The van der Waals surface area contributed by atoms with Gasteiger partial charge in [0.2, 0.25) is 0 Å². The summed E-state index contributed by atoms with van der Waals surface area (Å²) < 4.78 is 5.24. The molecule has 94 valence electrons. The predicted octanol–water partition coefficient (Wildman–Crippen LogP) is 1.79. The highest BCUT2D eigenvalue weighted by atomic mass is 16.5. The Balaban J connectivity index is 2.61. The van der Waals surface area contributed by atoms with E-state index in [2.05, 4.69) is 0 Å². The Hall–Kier alpha value is -0.995. The molecule has 0 aromatic heterocycles. The van der Waals surface area contributed by atoms with Crippen molar-refractivity contribution in [3.63, 3.8) is 0 Å². The van der Waals surface area contributed by atoms with Crippen LogP contribution in [0.1, 0.15) is 39.0 Å². The molecule has 1 N–H and O–H groups in total. The number of carboxylic acid groups (broad SMARTS) is 1. The largest absolute Gasteiger partial charge is 0.481 e. The van der Waals surface area contributed by atoms with Crippen molar-refractivity contribution in [2.75, 3.05) is 0 Å². The third kappa shape index (κ3) is 3.75. The number of carbonyl (C=O) groups is 2. The molecule has 1 aliphatic rings.